The molecule has 0 bridgehead atoms. The number of rotatable bonds is 9. The highest BCUT2D eigenvalue weighted by Gasteiger charge is 1.96. The lowest BCUT2D eigenvalue weighted by Gasteiger charge is -2.11. The minimum atomic E-state index is -0.117. The summed E-state index contributed by atoms with van der Waals surface area (Å²) in [5, 5.41) is 11.3. The van der Waals surface area contributed by atoms with Gasteiger partial charge in [-0.25, -0.2) is 0 Å². The van der Waals surface area contributed by atoms with Crippen molar-refractivity contribution in [2.45, 2.75) is 6.42 Å². The molecule has 0 saturated heterocycles. The van der Waals surface area contributed by atoms with Gasteiger partial charge in [0.2, 0.25) is 5.91 Å². The Bertz CT molecular complexity index is 441. The summed E-state index contributed by atoms with van der Waals surface area (Å²) in [5.74, 6) is -0.117. The molecule has 0 aromatic heterocycles. The summed E-state index contributed by atoms with van der Waals surface area (Å²) in [6.45, 7) is 1.48. The smallest absolute Gasteiger partial charge is 0.244 e. The van der Waals surface area contributed by atoms with Gasteiger partial charge in [0.05, 0.1) is 13.2 Å². The summed E-state index contributed by atoms with van der Waals surface area (Å²) in [6, 6.07) is 7.97. The first-order valence-corrected chi connectivity index (χ1v) is 7.05. The highest BCUT2D eigenvalue weighted by atomic mass is 16.5. The molecular formula is C16H24N2O3. The molecule has 116 valence electrons. The summed E-state index contributed by atoms with van der Waals surface area (Å²) < 4.78 is 5.10. The third-order valence-corrected chi connectivity index (χ3v) is 2.84. The molecule has 0 fully saturated rings. The fourth-order valence-corrected chi connectivity index (χ4v) is 1.67. The van der Waals surface area contributed by atoms with E-state index in [4.69, 9.17) is 9.84 Å². The number of aliphatic hydroxyl groups is 1. The van der Waals surface area contributed by atoms with Crippen LogP contribution in [0.25, 0.3) is 6.08 Å². The van der Waals surface area contributed by atoms with E-state index in [1.807, 2.05) is 43.3 Å². The Morgan fingerprint density at radius 3 is 2.62 bits per heavy atom. The minimum Gasteiger partial charge on any atom is -0.394 e. The highest BCUT2D eigenvalue weighted by molar-refractivity contribution is 5.91. The molecule has 21 heavy (non-hydrogen) atoms. The SMILES string of the molecule is CN(C)c1ccc(/C=C/C(=O)NCCCOCCO)cc1. The number of ether oxygens (including phenoxy) is 1. The Balaban J connectivity index is 2.27. The minimum absolute atomic E-state index is 0.0295. The molecule has 0 radical (unpaired) electrons. The molecule has 5 nitrogen and oxygen atoms in total. The molecule has 1 aromatic carbocycles. The predicted molar refractivity (Wildman–Crippen MR) is 85.3 cm³/mol. The maximum Gasteiger partial charge on any atom is 0.244 e. The van der Waals surface area contributed by atoms with Crippen LogP contribution in [-0.2, 0) is 9.53 Å². The van der Waals surface area contributed by atoms with E-state index in [0.29, 0.717) is 19.8 Å². The van der Waals surface area contributed by atoms with Crippen molar-refractivity contribution < 1.29 is 14.6 Å². The number of benzene rings is 1. The van der Waals surface area contributed by atoms with Crippen LogP contribution in [0, 0.1) is 0 Å². The fourth-order valence-electron chi connectivity index (χ4n) is 1.67. The number of hydrogen-bond acceptors (Lipinski definition) is 4. The van der Waals surface area contributed by atoms with Crippen LogP contribution < -0.4 is 10.2 Å². The van der Waals surface area contributed by atoms with E-state index in [9.17, 15) is 4.79 Å². The van der Waals surface area contributed by atoms with Crippen molar-refractivity contribution in [2.24, 2.45) is 0 Å². The molecule has 1 rings (SSSR count). The highest BCUT2D eigenvalue weighted by Crippen LogP contribution is 2.12. The molecule has 0 aliphatic rings. The van der Waals surface area contributed by atoms with Crippen LogP contribution in [0.3, 0.4) is 0 Å². The van der Waals surface area contributed by atoms with Crippen molar-refractivity contribution in [3.05, 3.63) is 35.9 Å². The van der Waals surface area contributed by atoms with E-state index in [1.54, 1.807) is 6.08 Å². The average Bonchev–Trinajstić information content (AvgIpc) is 2.49. The first-order chi connectivity index (χ1) is 10.1. The third-order valence-electron chi connectivity index (χ3n) is 2.84. The molecule has 2 N–H and O–H groups in total. The number of amides is 1. The zero-order chi connectivity index (χ0) is 15.5. The van der Waals surface area contributed by atoms with Crippen LogP contribution in [0.2, 0.25) is 0 Å². The van der Waals surface area contributed by atoms with Gasteiger partial charge in [0.15, 0.2) is 0 Å². The molecule has 0 unspecified atom stereocenters. The van der Waals surface area contributed by atoms with Gasteiger partial charge in [-0.2, -0.15) is 0 Å². The molecule has 0 heterocycles. The molecule has 1 aromatic rings. The van der Waals surface area contributed by atoms with Crippen LogP contribution >= 0.6 is 0 Å². The number of nitrogens with one attached hydrogen (secondary N) is 1. The van der Waals surface area contributed by atoms with Crippen molar-refractivity contribution in [1.82, 2.24) is 5.32 Å². The van der Waals surface area contributed by atoms with Gasteiger partial charge in [-0.1, -0.05) is 12.1 Å². The van der Waals surface area contributed by atoms with Crippen LogP contribution in [0.15, 0.2) is 30.3 Å². The Morgan fingerprint density at radius 2 is 2.00 bits per heavy atom. The lowest BCUT2D eigenvalue weighted by molar-refractivity contribution is -0.116. The van der Waals surface area contributed by atoms with Crippen LogP contribution in [0.5, 0.6) is 0 Å². The van der Waals surface area contributed by atoms with Crippen LogP contribution in [0.4, 0.5) is 5.69 Å². The number of carbonyl (C=O) groups is 1. The summed E-state index contributed by atoms with van der Waals surface area (Å²) in [7, 11) is 3.98. The number of hydrogen-bond donors (Lipinski definition) is 2. The van der Waals surface area contributed by atoms with Crippen LogP contribution in [-0.4, -0.2) is 51.5 Å². The average molecular weight is 292 g/mol. The van der Waals surface area contributed by atoms with E-state index in [2.05, 4.69) is 5.32 Å². The molecular weight excluding hydrogens is 268 g/mol. The maximum atomic E-state index is 11.6. The van der Waals surface area contributed by atoms with Gasteiger partial charge < -0.3 is 20.1 Å². The number of nitrogens with zero attached hydrogens (tertiary/aromatic N) is 1. The Hall–Kier alpha value is -1.85. The second-order valence-electron chi connectivity index (χ2n) is 4.80. The van der Waals surface area contributed by atoms with Gasteiger partial charge in [-0.3, -0.25) is 4.79 Å². The zero-order valence-electron chi connectivity index (χ0n) is 12.7. The first-order valence-electron chi connectivity index (χ1n) is 7.05. The molecule has 0 aliphatic heterocycles. The monoisotopic (exact) mass is 292 g/mol. The van der Waals surface area contributed by atoms with E-state index in [1.165, 1.54) is 6.08 Å². The van der Waals surface area contributed by atoms with Crippen molar-refractivity contribution >= 4 is 17.7 Å². The standard InChI is InChI=1S/C16H24N2O3/c1-18(2)15-7-4-14(5-8-15)6-9-16(20)17-10-3-12-21-13-11-19/h4-9,19H,3,10-13H2,1-2H3,(H,17,20)/b9-6+. The first kappa shape index (κ1) is 17.2. The maximum absolute atomic E-state index is 11.6. The number of carbonyl (C=O) groups excluding carboxylic acids is 1. The third kappa shape index (κ3) is 7.48. The normalized spacial score (nSPS) is 10.8. The molecule has 5 heteroatoms. The van der Waals surface area contributed by atoms with Gasteiger partial charge in [-0.05, 0) is 30.2 Å². The summed E-state index contributed by atoms with van der Waals surface area (Å²) >= 11 is 0. The van der Waals surface area contributed by atoms with E-state index in [-0.39, 0.29) is 12.5 Å². The van der Waals surface area contributed by atoms with E-state index in [0.717, 1.165) is 17.7 Å². The van der Waals surface area contributed by atoms with E-state index >= 15 is 0 Å². The summed E-state index contributed by atoms with van der Waals surface area (Å²) in [6.07, 6.45) is 4.05. The van der Waals surface area contributed by atoms with Gasteiger partial charge in [0.1, 0.15) is 0 Å². The summed E-state index contributed by atoms with van der Waals surface area (Å²) in [4.78, 5) is 13.6. The van der Waals surface area contributed by atoms with Crippen molar-refractivity contribution in [3.63, 3.8) is 0 Å². The van der Waals surface area contributed by atoms with Gasteiger partial charge >= 0.3 is 0 Å². The predicted octanol–water partition coefficient (Wildman–Crippen LogP) is 1.28. The quantitative estimate of drug-likeness (QED) is 0.532. The second-order valence-corrected chi connectivity index (χ2v) is 4.80. The Morgan fingerprint density at radius 1 is 1.29 bits per heavy atom. The molecule has 0 saturated carbocycles. The van der Waals surface area contributed by atoms with Gasteiger partial charge in [0, 0.05) is 39.0 Å². The van der Waals surface area contributed by atoms with Crippen LogP contribution in [0.1, 0.15) is 12.0 Å². The zero-order valence-corrected chi connectivity index (χ0v) is 12.7. The topological polar surface area (TPSA) is 61.8 Å². The van der Waals surface area contributed by atoms with Gasteiger partial charge in [0.25, 0.3) is 0 Å². The lowest BCUT2D eigenvalue weighted by atomic mass is 10.2. The van der Waals surface area contributed by atoms with Crippen molar-refractivity contribution in [2.75, 3.05) is 45.4 Å². The van der Waals surface area contributed by atoms with Gasteiger partial charge in [-0.15, -0.1) is 0 Å². The summed E-state index contributed by atoms with van der Waals surface area (Å²) in [5.41, 5.74) is 2.11. The number of aliphatic hydroxyl groups excluding tert-OH is 1. The molecule has 1 amide bonds. The second kappa shape index (κ2) is 9.96. The fraction of sp³-hybridized carbons (Fsp3) is 0.438. The Kier molecular flexibility index (Phi) is 8.16. The molecule has 0 spiro atoms. The van der Waals surface area contributed by atoms with Crippen molar-refractivity contribution in [3.8, 4) is 0 Å². The molecule has 0 aliphatic carbocycles. The lowest BCUT2D eigenvalue weighted by Crippen LogP contribution is -2.23. The largest absolute Gasteiger partial charge is 0.394 e. The molecule has 0 atom stereocenters. The van der Waals surface area contributed by atoms with E-state index < -0.39 is 0 Å². The number of anilines is 1. The Labute approximate surface area is 126 Å². The van der Waals surface area contributed by atoms with Crippen molar-refractivity contribution in [1.29, 1.82) is 0 Å².